The number of halogens is 3. The zero-order chi connectivity index (χ0) is 26.2. The highest BCUT2D eigenvalue weighted by molar-refractivity contribution is 6.11. The van der Waals surface area contributed by atoms with Crippen LogP contribution in [0, 0.1) is 17.5 Å². The number of piperazine rings is 1. The molecule has 0 aromatic heterocycles. The highest BCUT2D eigenvalue weighted by atomic mass is 19.2. The van der Waals surface area contributed by atoms with E-state index in [0.29, 0.717) is 23.4 Å². The molecule has 9 heteroatoms. The van der Waals surface area contributed by atoms with E-state index in [1.807, 2.05) is 0 Å². The van der Waals surface area contributed by atoms with Gasteiger partial charge in [0.15, 0.2) is 11.6 Å². The van der Waals surface area contributed by atoms with E-state index in [-0.39, 0.29) is 23.6 Å². The van der Waals surface area contributed by atoms with Gasteiger partial charge in [-0.25, -0.2) is 13.2 Å². The lowest BCUT2D eigenvalue weighted by atomic mass is 9.70. The first-order valence-electron chi connectivity index (χ1n) is 12.1. The number of nitrogens with one attached hydrogen (secondary N) is 1. The Labute approximate surface area is 212 Å². The third-order valence-electron chi connectivity index (χ3n) is 7.10. The number of fused-ring (bicyclic) bond motifs is 1. The molecule has 1 atom stereocenters. The number of nitrogens with zero attached hydrogens (tertiary/aromatic N) is 2. The number of carbonyl (C=O) groups is 2. The van der Waals surface area contributed by atoms with Gasteiger partial charge in [-0.3, -0.25) is 9.59 Å². The molecule has 2 heterocycles. The van der Waals surface area contributed by atoms with Crippen molar-refractivity contribution in [2.45, 2.75) is 11.8 Å². The molecule has 2 aliphatic rings. The molecule has 3 aromatic rings. The summed E-state index contributed by atoms with van der Waals surface area (Å²) < 4.78 is 47.8. The van der Waals surface area contributed by atoms with Crippen molar-refractivity contribution in [1.29, 1.82) is 0 Å². The molecule has 1 saturated heterocycles. The number of ether oxygens (including phenoxy) is 1. The maximum atomic E-state index is 14.6. The van der Waals surface area contributed by atoms with Crippen molar-refractivity contribution >= 4 is 17.6 Å². The maximum absolute atomic E-state index is 14.6. The standard InChI is InChI=1S/C28H26F3N3O3/c1-33-14-16-34(17-15-33)13-12-24(35)37-21-8-4-19(5-9-21)28(18-2-6-20(29)7-3-18)22-10-11-23(30)25(31)26(22)32-27(28)36/h2-11H,12-17H2,1H3,(H,32,36). The molecule has 0 saturated carbocycles. The fourth-order valence-corrected chi connectivity index (χ4v) is 5.03. The fraction of sp³-hybridized carbons (Fsp3) is 0.286. The van der Waals surface area contributed by atoms with E-state index in [0.717, 1.165) is 32.2 Å². The molecule has 0 bridgehead atoms. The summed E-state index contributed by atoms with van der Waals surface area (Å²) in [6, 6.07) is 13.9. The van der Waals surface area contributed by atoms with Crippen LogP contribution in [0.1, 0.15) is 23.1 Å². The third kappa shape index (κ3) is 4.60. The Kier molecular flexibility index (Phi) is 6.74. The van der Waals surface area contributed by atoms with Crippen LogP contribution < -0.4 is 10.1 Å². The van der Waals surface area contributed by atoms with E-state index in [1.54, 1.807) is 24.3 Å². The molecular formula is C28H26F3N3O3. The molecule has 5 rings (SSSR count). The van der Waals surface area contributed by atoms with Gasteiger partial charge in [0.2, 0.25) is 5.91 Å². The molecule has 3 aromatic carbocycles. The van der Waals surface area contributed by atoms with E-state index in [1.165, 1.54) is 30.3 Å². The summed E-state index contributed by atoms with van der Waals surface area (Å²) in [6.07, 6.45) is 0.242. The molecule has 2 aliphatic heterocycles. The Morgan fingerprint density at radius 3 is 2.19 bits per heavy atom. The average Bonchev–Trinajstić information content (AvgIpc) is 3.20. The Bertz CT molecular complexity index is 1320. The summed E-state index contributed by atoms with van der Waals surface area (Å²) in [4.78, 5) is 30.3. The lowest BCUT2D eigenvalue weighted by Crippen LogP contribution is -2.45. The summed E-state index contributed by atoms with van der Waals surface area (Å²) in [5.41, 5.74) is -0.790. The normalized spacial score (nSPS) is 19.9. The van der Waals surface area contributed by atoms with Crippen LogP contribution in [0.15, 0.2) is 60.7 Å². The largest absolute Gasteiger partial charge is 0.426 e. The van der Waals surface area contributed by atoms with Gasteiger partial charge in [0.05, 0.1) is 12.1 Å². The Morgan fingerprint density at radius 1 is 0.919 bits per heavy atom. The van der Waals surface area contributed by atoms with Crippen LogP contribution in [0.3, 0.4) is 0 Å². The predicted molar refractivity (Wildman–Crippen MR) is 132 cm³/mol. The minimum Gasteiger partial charge on any atom is -0.426 e. The summed E-state index contributed by atoms with van der Waals surface area (Å²) in [5.74, 6) is -3.43. The van der Waals surface area contributed by atoms with Gasteiger partial charge in [0.1, 0.15) is 17.0 Å². The van der Waals surface area contributed by atoms with Gasteiger partial charge < -0.3 is 19.9 Å². The third-order valence-corrected chi connectivity index (χ3v) is 7.10. The monoisotopic (exact) mass is 509 g/mol. The van der Waals surface area contributed by atoms with Crippen molar-refractivity contribution in [2.75, 3.05) is 45.1 Å². The smallest absolute Gasteiger partial charge is 0.312 e. The quantitative estimate of drug-likeness (QED) is 0.403. The number of benzene rings is 3. The minimum atomic E-state index is -1.55. The van der Waals surface area contributed by atoms with Gasteiger partial charge in [0, 0.05) is 38.3 Å². The molecule has 1 unspecified atom stereocenters. The topological polar surface area (TPSA) is 61.9 Å². The average molecular weight is 510 g/mol. The second-order valence-corrected chi connectivity index (χ2v) is 9.39. The van der Waals surface area contributed by atoms with Crippen molar-refractivity contribution in [2.24, 2.45) is 0 Å². The maximum Gasteiger partial charge on any atom is 0.312 e. The van der Waals surface area contributed by atoms with Crippen molar-refractivity contribution < 1.29 is 27.5 Å². The molecule has 192 valence electrons. The number of amides is 1. The Hall–Kier alpha value is -3.69. The zero-order valence-corrected chi connectivity index (χ0v) is 20.3. The number of esters is 1. The molecule has 1 N–H and O–H groups in total. The van der Waals surface area contributed by atoms with Crippen LogP contribution in [0.5, 0.6) is 5.75 Å². The van der Waals surface area contributed by atoms with Gasteiger partial charge in [-0.15, -0.1) is 0 Å². The summed E-state index contributed by atoms with van der Waals surface area (Å²) >= 11 is 0. The highest BCUT2D eigenvalue weighted by Gasteiger charge is 2.51. The van der Waals surface area contributed by atoms with Crippen LogP contribution >= 0.6 is 0 Å². The van der Waals surface area contributed by atoms with Gasteiger partial charge in [-0.2, -0.15) is 0 Å². The summed E-state index contributed by atoms with van der Waals surface area (Å²) in [6.45, 7) is 4.33. The number of carbonyl (C=O) groups excluding carboxylic acids is 2. The number of rotatable bonds is 6. The lowest BCUT2D eigenvalue weighted by Gasteiger charge is -2.32. The second-order valence-electron chi connectivity index (χ2n) is 9.39. The second kappa shape index (κ2) is 9.99. The van der Waals surface area contributed by atoms with Gasteiger partial charge in [-0.1, -0.05) is 30.3 Å². The van der Waals surface area contributed by atoms with E-state index < -0.39 is 28.8 Å². The minimum absolute atomic E-state index is 0.208. The number of likely N-dealkylation sites (N-methyl/N-ethyl adjacent to an activating group) is 1. The molecule has 0 aliphatic carbocycles. The van der Waals surface area contributed by atoms with E-state index in [9.17, 15) is 22.8 Å². The fourth-order valence-electron chi connectivity index (χ4n) is 5.03. The molecule has 0 spiro atoms. The molecule has 37 heavy (non-hydrogen) atoms. The molecule has 1 fully saturated rings. The number of anilines is 1. The molecule has 0 radical (unpaired) electrons. The van der Waals surface area contributed by atoms with Gasteiger partial charge in [-0.05, 0) is 48.5 Å². The molecule has 6 nitrogen and oxygen atoms in total. The molecular weight excluding hydrogens is 483 g/mol. The first-order chi connectivity index (χ1) is 17.8. The van der Waals surface area contributed by atoms with Crippen molar-refractivity contribution in [3.8, 4) is 5.75 Å². The SMILES string of the molecule is CN1CCN(CCC(=O)Oc2ccc(C3(c4ccc(F)cc4)C(=O)Nc4c3ccc(F)c4F)cc2)CC1. The first kappa shape index (κ1) is 25.0. The number of hydrogen-bond acceptors (Lipinski definition) is 5. The Balaban J connectivity index is 1.42. The summed E-state index contributed by atoms with van der Waals surface area (Å²) in [7, 11) is 2.07. The van der Waals surface area contributed by atoms with E-state index in [4.69, 9.17) is 4.74 Å². The molecule has 1 amide bonds. The number of hydrogen-bond donors (Lipinski definition) is 1. The van der Waals surface area contributed by atoms with E-state index in [2.05, 4.69) is 22.2 Å². The van der Waals surface area contributed by atoms with Crippen LogP contribution in [0.4, 0.5) is 18.9 Å². The van der Waals surface area contributed by atoms with Crippen LogP contribution in [0.25, 0.3) is 0 Å². The van der Waals surface area contributed by atoms with Crippen LogP contribution in [0.2, 0.25) is 0 Å². The van der Waals surface area contributed by atoms with Crippen LogP contribution in [-0.2, 0) is 15.0 Å². The highest BCUT2D eigenvalue weighted by Crippen LogP contribution is 2.49. The van der Waals surface area contributed by atoms with Crippen molar-refractivity contribution in [1.82, 2.24) is 9.80 Å². The van der Waals surface area contributed by atoms with Crippen molar-refractivity contribution in [3.63, 3.8) is 0 Å². The zero-order valence-electron chi connectivity index (χ0n) is 20.3. The lowest BCUT2D eigenvalue weighted by molar-refractivity contribution is -0.134. The van der Waals surface area contributed by atoms with Gasteiger partial charge >= 0.3 is 5.97 Å². The van der Waals surface area contributed by atoms with Crippen molar-refractivity contribution in [3.05, 3.63) is 94.8 Å². The van der Waals surface area contributed by atoms with Crippen LogP contribution in [-0.4, -0.2) is 61.4 Å². The van der Waals surface area contributed by atoms with Gasteiger partial charge in [0.25, 0.3) is 0 Å². The summed E-state index contributed by atoms with van der Waals surface area (Å²) in [5, 5.41) is 2.47. The van der Waals surface area contributed by atoms with E-state index >= 15 is 0 Å². The predicted octanol–water partition coefficient (Wildman–Crippen LogP) is 3.93. The first-order valence-corrected chi connectivity index (χ1v) is 12.1. The Morgan fingerprint density at radius 2 is 1.54 bits per heavy atom.